The van der Waals surface area contributed by atoms with Crippen LogP contribution in [-0.2, 0) is 16.1 Å². The number of benzene rings is 1. The van der Waals surface area contributed by atoms with Crippen LogP contribution in [0.15, 0.2) is 12.1 Å². The smallest absolute Gasteiger partial charge is 0.251 e. The molecule has 3 N–H and O–H groups in total. The summed E-state index contributed by atoms with van der Waals surface area (Å²) in [5.41, 5.74) is 3.56. The molecular formula is C21H28N4O3. The van der Waals surface area contributed by atoms with Crippen molar-refractivity contribution < 1.29 is 14.4 Å². The average Bonchev–Trinajstić information content (AvgIpc) is 3.02. The third-order valence-electron chi connectivity index (χ3n) is 6.11. The average molecular weight is 384 g/mol. The molecule has 0 aromatic heterocycles. The van der Waals surface area contributed by atoms with Gasteiger partial charge >= 0.3 is 0 Å². The number of nitrogens with zero attached hydrogens (tertiary/aromatic N) is 1. The van der Waals surface area contributed by atoms with Crippen LogP contribution in [0.25, 0.3) is 0 Å². The van der Waals surface area contributed by atoms with Crippen LogP contribution in [-0.4, -0.2) is 47.8 Å². The molecule has 1 aromatic carbocycles. The SMILES string of the molecule is CC(C)(C)N1CCNCC1c1ccc2c(c1C1CCC(=O)NC1=O)CNC2=O. The number of piperidine rings is 1. The summed E-state index contributed by atoms with van der Waals surface area (Å²) in [6.07, 6.45) is 0.810. The largest absolute Gasteiger partial charge is 0.348 e. The number of amides is 3. The topological polar surface area (TPSA) is 90.5 Å². The highest BCUT2D eigenvalue weighted by Crippen LogP contribution is 2.40. The second-order valence-corrected chi connectivity index (χ2v) is 8.87. The second-order valence-electron chi connectivity index (χ2n) is 8.87. The molecule has 3 aliphatic heterocycles. The van der Waals surface area contributed by atoms with Gasteiger partial charge in [0.25, 0.3) is 5.91 Å². The minimum absolute atomic E-state index is 0.0259. The zero-order chi connectivity index (χ0) is 20.1. The highest BCUT2D eigenvalue weighted by Gasteiger charge is 2.39. The number of piperazine rings is 1. The van der Waals surface area contributed by atoms with Crippen LogP contribution in [0.5, 0.6) is 0 Å². The Hall–Kier alpha value is -2.25. The Balaban J connectivity index is 1.85. The fourth-order valence-corrected chi connectivity index (χ4v) is 4.81. The summed E-state index contributed by atoms with van der Waals surface area (Å²) in [5.74, 6) is -0.972. The van der Waals surface area contributed by atoms with Crippen molar-refractivity contribution in [2.24, 2.45) is 0 Å². The highest BCUT2D eigenvalue weighted by atomic mass is 16.2. The summed E-state index contributed by atoms with van der Waals surface area (Å²) in [7, 11) is 0. The lowest BCUT2D eigenvalue weighted by Gasteiger charge is -2.46. The van der Waals surface area contributed by atoms with Crippen LogP contribution in [0.4, 0.5) is 0 Å². The molecule has 3 heterocycles. The van der Waals surface area contributed by atoms with Gasteiger partial charge in [0.05, 0.1) is 5.92 Å². The normalized spacial score (nSPS) is 26.0. The molecule has 1 aromatic rings. The second kappa shape index (κ2) is 6.97. The lowest BCUT2D eigenvalue weighted by Crippen LogP contribution is -2.54. The Morgan fingerprint density at radius 2 is 1.93 bits per heavy atom. The molecule has 7 nitrogen and oxygen atoms in total. The van der Waals surface area contributed by atoms with Crippen molar-refractivity contribution in [1.29, 1.82) is 0 Å². The Bertz CT molecular complexity index is 843. The van der Waals surface area contributed by atoms with Gasteiger partial charge in [0.1, 0.15) is 0 Å². The fourth-order valence-electron chi connectivity index (χ4n) is 4.81. The van der Waals surface area contributed by atoms with Crippen LogP contribution in [0.3, 0.4) is 0 Å². The number of carbonyl (C=O) groups excluding carboxylic acids is 3. The maximum absolute atomic E-state index is 12.7. The van der Waals surface area contributed by atoms with Crippen molar-refractivity contribution in [3.63, 3.8) is 0 Å². The van der Waals surface area contributed by atoms with Crippen molar-refractivity contribution in [2.75, 3.05) is 19.6 Å². The number of nitrogens with one attached hydrogen (secondary N) is 3. The molecule has 2 saturated heterocycles. The lowest BCUT2D eigenvalue weighted by atomic mass is 9.80. The number of carbonyl (C=O) groups is 3. The summed E-state index contributed by atoms with van der Waals surface area (Å²) >= 11 is 0. The van der Waals surface area contributed by atoms with Gasteiger partial charge in [-0.15, -0.1) is 0 Å². The van der Waals surface area contributed by atoms with Gasteiger partial charge in [0.15, 0.2) is 0 Å². The van der Waals surface area contributed by atoms with Crippen LogP contribution in [0.2, 0.25) is 0 Å². The predicted molar refractivity (Wildman–Crippen MR) is 105 cm³/mol. The molecule has 2 fully saturated rings. The monoisotopic (exact) mass is 384 g/mol. The van der Waals surface area contributed by atoms with Gasteiger partial charge in [-0.05, 0) is 49.9 Å². The molecule has 0 aliphatic carbocycles. The van der Waals surface area contributed by atoms with Crippen molar-refractivity contribution >= 4 is 17.7 Å². The first-order valence-electron chi connectivity index (χ1n) is 10.0. The Kier molecular flexibility index (Phi) is 4.75. The number of rotatable bonds is 2. The molecule has 7 heteroatoms. The number of hydrogen-bond acceptors (Lipinski definition) is 5. The molecule has 2 unspecified atom stereocenters. The van der Waals surface area contributed by atoms with E-state index >= 15 is 0 Å². The van der Waals surface area contributed by atoms with E-state index in [1.807, 2.05) is 12.1 Å². The van der Waals surface area contributed by atoms with E-state index in [2.05, 4.69) is 41.6 Å². The summed E-state index contributed by atoms with van der Waals surface area (Å²) in [6.45, 7) is 9.67. The molecule has 3 amide bonds. The quantitative estimate of drug-likeness (QED) is 0.667. The zero-order valence-electron chi connectivity index (χ0n) is 16.7. The van der Waals surface area contributed by atoms with Crippen LogP contribution < -0.4 is 16.0 Å². The Labute approximate surface area is 165 Å². The van der Waals surface area contributed by atoms with Gasteiger partial charge < -0.3 is 10.6 Å². The van der Waals surface area contributed by atoms with Crippen molar-refractivity contribution in [3.05, 3.63) is 34.4 Å². The summed E-state index contributed by atoms with van der Waals surface area (Å²) < 4.78 is 0. The van der Waals surface area contributed by atoms with E-state index in [0.717, 1.165) is 36.3 Å². The number of hydrogen-bond donors (Lipinski definition) is 3. The first-order chi connectivity index (χ1) is 13.3. The van der Waals surface area contributed by atoms with E-state index in [1.165, 1.54) is 0 Å². The van der Waals surface area contributed by atoms with Crippen LogP contribution in [0.1, 0.15) is 72.6 Å². The maximum Gasteiger partial charge on any atom is 0.251 e. The molecule has 150 valence electrons. The fraction of sp³-hybridized carbons (Fsp3) is 0.571. The van der Waals surface area contributed by atoms with Crippen molar-refractivity contribution in [1.82, 2.24) is 20.9 Å². The van der Waals surface area contributed by atoms with Crippen molar-refractivity contribution in [2.45, 2.75) is 57.7 Å². The van der Waals surface area contributed by atoms with E-state index in [-0.39, 0.29) is 29.3 Å². The summed E-state index contributed by atoms with van der Waals surface area (Å²) in [5, 5.41) is 8.86. The van der Waals surface area contributed by atoms with Gasteiger partial charge in [0.2, 0.25) is 11.8 Å². The summed E-state index contributed by atoms with van der Waals surface area (Å²) in [4.78, 5) is 39.1. The third kappa shape index (κ3) is 3.22. The van der Waals surface area contributed by atoms with Gasteiger partial charge in [0, 0.05) is 49.7 Å². The van der Waals surface area contributed by atoms with E-state index in [0.29, 0.717) is 24.9 Å². The predicted octanol–water partition coefficient (Wildman–Crippen LogP) is 1.20. The highest BCUT2D eigenvalue weighted by molar-refractivity contribution is 6.03. The molecule has 2 atom stereocenters. The molecule has 0 radical (unpaired) electrons. The first-order valence-corrected chi connectivity index (χ1v) is 10.0. The molecule has 0 spiro atoms. The molecule has 0 bridgehead atoms. The maximum atomic E-state index is 12.7. The van der Waals surface area contributed by atoms with Crippen LogP contribution in [0, 0.1) is 0 Å². The Morgan fingerprint density at radius 1 is 1.14 bits per heavy atom. The van der Waals surface area contributed by atoms with Gasteiger partial charge in [-0.3, -0.25) is 24.6 Å². The third-order valence-corrected chi connectivity index (χ3v) is 6.11. The van der Waals surface area contributed by atoms with Crippen molar-refractivity contribution in [3.8, 4) is 0 Å². The minimum atomic E-state index is -0.404. The van der Waals surface area contributed by atoms with Gasteiger partial charge in [-0.1, -0.05) is 6.07 Å². The van der Waals surface area contributed by atoms with E-state index in [4.69, 9.17) is 0 Å². The lowest BCUT2D eigenvalue weighted by molar-refractivity contribution is -0.134. The summed E-state index contributed by atoms with van der Waals surface area (Å²) in [6, 6.07) is 4.01. The first kappa shape index (κ1) is 19.1. The van der Waals surface area contributed by atoms with Crippen LogP contribution >= 0.6 is 0 Å². The Morgan fingerprint density at radius 3 is 2.64 bits per heavy atom. The zero-order valence-corrected chi connectivity index (χ0v) is 16.7. The number of fused-ring (bicyclic) bond motifs is 1. The van der Waals surface area contributed by atoms with E-state index < -0.39 is 5.92 Å². The standard InChI is InChI=1S/C21H28N4O3/c1-21(2,3)25-9-8-22-11-16(25)13-5-4-12-15(10-23-19(12)27)18(13)14-6-7-17(26)24-20(14)28/h4-5,14,16,22H,6-11H2,1-3H3,(H,23,27)(H,24,26,28). The number of imide groups is 1. The van der Waals surface area contributed by atoms with E-state index in [9.17, 15) is 14.4 Å². The molecule has 0 saturated carbocycles. The van der Waals surface area contributed by atoms with Gasteiger partial charge in [-0.2, -0.15) is 0 Å². The molecule has 3 aliphatic rings. The van der Waals surface area contributed by atoms with E-state index in [1.54, 1.807) is 0 Å². The minimum Gasteiger partial charge on any atom is -0.348 e. The molecular weight excluding hydrogens is 356 g/mol. The molecule has 28 heavy (non-hydrogen) atoms. The van der Waals surface area contributed by atoms with Gasteiger partial charge in [-0.25, -0.2) is 0 Å². The molecule has 4 rings (SSSR count).